The topological polar surface area (TPSA) is 26.3 Å². The van der Waals surface area contributed by atoms with Gasteiger partial charge in [-0.25, -0.2) is 0 Å². The van der Waals surface area contributed by atoms with Crippen LogP contribution in [0, 0.1) is 0 Å². The summed E-state index contributed by atoms with van der Waals surface area (Å²) < 4.78 is 99.7. The summed E-state index contributed by atoms with van der Waals surface area (Å²) in [6.07, 6.45) is 0. The van der Waals surface area contributed by atoms with Crippen molar-refractivity contribution >= 4 is 87.0 Å². The van der Waals surface area contributed by atoms with Crippen molar-refractivity contribution < 1.29 is 22.5 Å². The van der Waals surface area contributed by atoms with Gasteiger partial charge in [0.1, 0.15) is 22.3 Å². The maximum atomic E-state index is 8.93. The molecule has 18 aromatic carbocycles. The van der Waals surface area contributed by atoms with Crippen LogP contribution in [0.15, 0.2) is 397 Å². The molecule has 0 fully saturated rings. The van der Waals surface area contributed by atoms with E-state index in [2.05, 4.69) is 212 Å². The minimum absolute atomic E-state index is 0.197. The molecule has 0 aliphatic carbocycles. The summed E-state index contributed by atoms with van der Waals surface area (Å²) in [5.41, 5.74) is 22.0. The molecular weight excluding hydrogens is 1230 g/mol. The fourth-order valence-electron chi connectivity index (χ4n) is 15.4. The highest BCUT2D eigenvalue weighted by atomic mass is 16.3. The van der Waals surface area contributed by atoms with E-state index in [1.54, 1.807) is 0 Å². The summed E-state index contributed by atoms with van der Waals surface area (Å²) in [5, 5.41) is 10.9. The molecule has 2 nitrogen and oxygen atoms in total. The van der Waals surface area contributed by atoms with Crippen LogP contribution in [-0.4, -0.2) is 0 Å². The summed E-state index contributed by atoms with van der Waals surface area (Å²) in [6.45, 7) is 0. The zero-order valence-corrected chi connectivity index (χ0v) is 55.0. The second-order valence-corrected chi connectivity index (χ2v) is 25.7. The van der Waals surface area contributed by atoms with Gasteiger partial charge in [-0.05, 0) is 180 Å². The molecule has 2 aromatic heterocycles. The summed E-state index contributed by atoms with van der Waals surface area (Å²) in [6, 6.07) is 109. The zero-order chi connectivity index (χ0) is 76.2. The molecule has 2 heterocycles. The minimum atomic E-state index is -0.406. The van der Waals surface area contributed by atoms with E-state index in [1.165, 1.54) is 11.1 Å². The van der Waals surface area contributed by atoms with Gasteiger partial charge in [0.2, 0.25) is 0 Å². The summed E-state index contributed by atoms with van der Waals surface area (Å²) >= 11 is 0. The summed E-state index contributed by atoms with van der Waals surface area (Å²) in [4.78, 5) is 0. The minimum Gasteiger partial charge on any atom is -0.455 e. The molecule has 0 saturated carbocycles. The Bertz CT molecular complexity index is 7030. The largest absolute Gasteiger partial charge is 0.455 e. The maximum absolute atomic E-state index is 8.93. The third-order valence-electron chi connectivity index (χ3n) is 20.0. The molecule has 0 amide bonds. The second kappa shape index (κ2) is 25.5. The van der Waals surface area contributed by atoms with Gasteiger partial charge in [0.05, 0.1) is 13.7 Å². The first-order valence-electron chi connectivity index (χ1n) is 39.2. The molecule has 20 rings (SSSR count). The lowest BCUT2D eigenvalue weighted by Gasteiger charge is -2.17. The Morgan fingerprint density at radius 2 is 0.480 bits per heavy atom. The predicted molar refractivity (Wildman–Crippen MR) is 432 cm³/mol. The Kier molecular flexibility index (Phi) is 12.5. The smallest absolute Gasteiger partial charge is 0.143 e. The average Bonchev–Trinajstić information content (AvgIpc) is 0.883. The molecule has 476 valence electrons. The van der Waals surface area contributed by atoms with Gasteiger partial charge in [0.25, 0.3) is 0 Å². The van der Waals surface area contributed by atoms with Crippen molar-refractivity contribution in [2.45, 2.75) is 0 Å². The maximum Gasteiger partial charge on any atom is 0.143 e. The monoisotopic (exact) mass is 1310 g/mol. The van der Waals surface area contributed by atoms with Crippen LogP contribution < -0.4 is 0 Å². The predicted octanol–water partition coefficient (Wildman–Crippen LogP) is 28.5. The SMILES string of the molecule is [2H]c1c([2H])c([2H])c(-c2c3ccccc3c(-c3ccc4oc5c(-c6ccccc6)c(-c6ccc(-c7ccccc7)cc6)ccc5c4c3)c3ccccc23)c([2H])c1[2H].[2H]c1c([2H])c([2H])c(-c2c3ccccc3c(-c3ccc4oc5c(-c6ccccc6)ccc(-c6ccc(-c7ccccc7)cc6)c5c4c3)c3ccccc23)c([2H])c1[2H]. The van der Waals surface area contributed by atoms with Gasteiger partial charge >= 0.3 is 0 Å². The third-order valence-corrected chi connectivity index (χ3v) is 20.0. The van der Waals surface area contributed by atoms with E-state index in [1.807, 2.05) is 115 Å². The number of hydrogen-bond acceptors (Lipinski definition) is 2. The van der Waals surface area contributed by atoms with Gasteiger partial charge in [0, 0.05) is 32.7 Å². The van der Waals surface area contributed by atoms with Crippen LogP contribution in [0.2, 0.25) is 0 Å². The van der Waals surface area contributed by atoms with Crippen molar-refractivity contribution in [1.82, 2.24) is 0 Å². The van der Waals surface area contributed by atoms with Gasteiger partial charge in [-0.3, -0.25) is 0 Å². The standard InChI is InChI=1S/2C50H32O/c1-4-14-33(15-5-1)34-24-26-35(27-25-34)39-29-30-44-45-32-38(28-31-46(45)51-50(44)49(39)37-18-8-3-9-19-37)48-42-22-12-10-20-40(42)47(36-16-6-2-7-17-36)41-21-11-13-23-43(41)48;1-4-14-33(15-5-1)34-24-26-36(27-25-34)39-29-30-40(35-16-6-2-7-17-35)50-49(39)45-32-38(28-31-46(45)51-50)48-43-22-12-10-20-41(43)47(37-18-8-3-9-19-37)42-21-11-13-23-44(42)48/h2*1-32H/i2D,6D,7D,16D,17D;3D,8D,9D,18D,19D. The number of furan rings is 2. The third kappa shape index (κ3) is 10.4. The molecule has 0 bridgehead atoms. The van der Waals surface area contributed by atoms with E-state index in [0.717, 1.165) is 165 Å². The van der Waals surface area contributed by atoms with Crippen molar-refractivity contribution in [1.29, 1.82) is 0 Å². The van der Waals surface area contributed by atoms with Crippen molar-refractivity contribution in [3.05, 3.63) is 388 Å². The lowest BCUT2D eigenvalue weighted by Crippen LogP contribution is -1.90. The van der Waals surface area contributed by atoms with E-state index in [-0.39, 0.29) is 59.5 Å². The van der Waals surface area contributed by atoms with Crippen LogP contribution in [0.3, 0.4) is 0 Å². The van der Waals surface area contributed by atoms with Crippen LogP contribution in [0.4, 0.5) is 0 Å². The molecule has 0 saturated heterocycles. The fourth-order valence-corrected chi connectivity index (χ4v) is 15.4. The van der Waals surface area contributed by atoms with Crippen LogP contribution in [0.1, 0.15) is 13.7 Å². The van der Waals surface area contributed by atoms with Crippen molar-refractivity contribution in [2.24, 2.45) is 0 Å². The van der Waals surface area contributed by atoms with Gasteiger partial charge in [0.15, 0.2) is 0 Å². The number of fused-ring (bicyclic) bond motifs is 10. The Labute approximate surface area is 605 Å². The van der Waals surface area contributed by atoms with E-state index in [0.29, 0.717) is 11.1 Å². The zero-order valence-electron chi connectivity index (χ0n) is 65.0. The molecule has 0 aliphatic heterocycles. The van der Waals surface area contributed by atoms with Crippen LogP contribution in [0.5, 0.6) is 0 Å². The Hall–Kier alpha value is -13.4. The van der Waals surface area contributed by atoms with Crippen LogP contribution in [-0.2, 0) is 0 Å². The molecule has 102 heavy (non-hydrogen) atoms. The number of hydrogen-bond donors (Lipinski definition) is 0. The van der Waals surface area contributed by atoms with Crippen molar-refractivity contribution in [3.63, 3.8) is 0 Å². The van der Waals surface area contributed by atoms with E-state index in [9.17, 15) is 0 Å². The number of benzene rings is 18. The highest BCUT2D eigenvalue weighted by Crippen LogP contribution is 2.50. The Balaban J connectivity index is 0.000000151. The lowest BCUT2D eigenvalue weighted by molar-refractivity contribution is 0.670. The van der Waals surface area contributed by atoms with Gasteiger partial charge in [-0.2, -0.15) is 0 Å². The Morgan fingerprint density at radius 1 is 0.176 bits per heavy atom. The quantitative estimate of drug-likeness (QED) is 0.128. The highest BCUT2D eigenvalue weighted by molar-refractivity contribution is 6.25. The molecule has 0 unspecified atom stereocenters. The van der Waals surface area contributed by atoms with Crippen molar-refractivity contribution in [2.75, 3.05) is 0 Å². The van der Waals surface area contributed by atoms with E-state index in [4.69, 9.17) is 22.5 Å². The Morgan fingerprint density at radius 3 is 0.922 bits per heavy atom. The lowest BCUT2D eigenvalue weighted by atomic mass is 9.85. The van der Waals surface area contributed by atoms with Crippen molar-refractivity contribution in [3.8, 4) is 111 Å². The molecule has 20 aromatic rings. The van der Waals surface area contributed by atoms with Gasteiger partial charge < -0.3 is 8.83 Å². The highest BCUT2D eigenvalue weighted by Gasteiger charge is 2.24. The fraction of sp³-hybridized carbons (Fsp3) is 0. The van der Waals surface area contributed by atoms with Gasteiger partial charge in [-0.1, -0.05) is 352 Å². The first-order valence-corrected chi connectivity index (χ1v) is 34.2. The van der Waals surface area contributed by atoms with Crippen LogP contribution in [0.25, 0.3) is 198 Å². The van der Waals surface area contributed by atoms with E-state index >= 15 is 0 Å². The van der Waals surface area contributed by atoms with Crippen LogP contribution >= 0.6 is 0 Å². The summed E-state index contributed by atoms with van der Waals surface area (Å²) in [5.74, 6) is 0. The average molecular weight is 1310 g/mol. The normalized spacial score (nSPS) is 12.9. The molecule has 2 heteroatoms. The molecule has 0 radical (unpaired) electrons. The molecule has 0 atom stereocenters. The first kappa shape index (κ1) is 50.0. The number of rotatable bonds is 10. The summed E-state index contributed by atoms with van der Waals surface area (Å²) in [7, 11) is 0. The molecular formula is C100H64O2. The van der Waals surface area contributed by atoms with Gasteiger partial charge in [-0.15, -0.1) is 0 Å². The second-order valence-electron chi connectivity index (χ2n) is 25.7. The first-order chi connectivity index (χ1) is 54.8. The molecule has 0 aliphatic rings. The van der Waals surface area contributed by atoms with E-state index < -0.39 is 12.1 Å². The molecule has 0 N–H and O–H groups in total. The molecule has 0 spiro atoms.